The van der Waals surface area contributed by atoms with Gasteiger partial charge in [-0.3, -0.25) is 4.90 Å². The van der Waals surface area contributed by atoms with Crippen LogP contribution in [0.4, 0.5) is 0 Å². The molecule has 0 aliphatic carbocycles. The van der Waals surface area contributed by atoms with Gasteiger partial charge >= 0.3 is 0 Å². The summed E-state index contributed by atoms with van der Waals surface area (Å²) in [5.74, 6) is 0.709. The fraction of sp³-hybridized carbons (Fsp3) is 0.500. The van der Waals surface area contributed by atoms with Gasteiger partial charge in [0.2, 0.25) is 0 Å². The lowest BCUT2D eigenvalue weighted by Crippen LogP contribution is -2.22. The van der Waals surface area contributed by atoms with Gasteiger partial charge in [-0.2, -0.15) is 0 Å². The standard InChI is InChI=1S/C12H17BrN2.ClH/c13-12-3-1-10(2-4-12)8-15-6-5-11(7-14)9-15;/h1-4,11H,5-9,14H2;1H. The van der Waals surface area contributed by atoms with Gasteiger partial charge in [0.15, 0.2) is 0 Å². The third-order valence-electron chi connectivity index (χ3n) is 3.02. The van der Waals surface area contributed by atoms with Crippen LogP contribution < -0.4 is 5.73 Å². The molecule has 1 atom stereocenters. The number of nitrogens with two attached hydrogens (primary N) is 1. The van der Waals surface area contributed by atoms with Crippen LogP contribution in [0.25, 0.3) is 0 Å². The van der Waals surface area contributed by atoms with E-state index in [-0.39, 0.29) is 12.4 Å². The summed E-state index contributed by atoms with van der Waals surface area (Å²) in [6.45, 7) is 4.24. The number of likely N-dealkylation sites (tertiary alicyclic amines) is 1. The summed E-state index contributed by atoms with van der Waals surface area (Å²) in [7, 11) is 0. The van der Waals surface area contributed by atoms with Crippen LogP contribution in [0.5, 0.6) is 0 Å². The van der Waals surface area contributed by atoms with Crippen LogP contribution in [0.15, 0.2) is 28.7 Å². The lowest BCUT2D eigenvalue weighted by molar-refractivity contribution is 0.318. The summed E-state index contributed by atoms with van der Waals surface area (Å²) in [6, 6.07) is 8.57. The Bertz CT molecular complexity index is 315. The molecule has 1 heterocycles. The maximum absolute atomic E-state index is 5.68. The predicted molar refractivity (Wildman–Crippen MR) is 73.8 cm³/mol. The first kappa shape index (κ1) is 14.0. The molecule has 1 aromatic carbocycles. The molecule has 2 nitrogen and oxygen atoms in total. The first-order valence-electron chi connectivity index (χ1n) is 5.45. The molecule has 1 aliphatic rings. The Balaban J connectivity index is 0.00000128. The monoisotopic (exact) mass is 304 g/mol. The zero-order valence-electron chi connectivity index (χ0n) is 9.23. The van der Waals surface area contributed by atoms with Crippen LogP contribution in [0, 0.1) is 5.92 Å². The van der Waals surface area contributed by atoms with Crippen molar-refractivity contribution in [2.45, 2.75) is 13.0 Å². The fourth-order valence-corrected chi connectivity index (χ4v) is 2.36. The fourth-order valence-electron chi connectivity index (χ4n) is 2.10. The zero-order chi connectivity index (χ0) is 10.7. The first-order valence-corrected chi connectivity index (χ1v) is 6.24. The van der Waals surface area contributed by atoms with Crippen molar-refractivity contribution in [2.24, 2.45) is 11.7 Å². The zero-order valence-corrected chi connectivity index (χ0v) is 11.6. The lowest BCUT2D eigenvalue weighted by atomic mass is 10.1. The molecule has 0 radical (unpaired) electrons. The van der Waals surface area contributed by atoms with E-state index in [2.05, 4.69) is 45.1 Å². The van der Waals surface area contributed by atoms with Gasteiger partial charge in [-0.1, -0.05) is 28.1 Å². The van der Waals surface area contributed by atoms with E-state index >= 15 is 0 Å². The molecule has 4 heteroatoms. The summed E-state index contributed by atoms with van der Waals surface area (Å²) in [6.07, 6.45) is 1.26. The normalized spacial score (nSPS) is 20.8. The van der Waals surface area contributed by atoms with Gasteiger partial charge < -0.3 is 5.73 Å². The van der Waals surface area contributed by atoms with Crippen molar-refractivity contribution in [3.05, 3.63) is 34.3 Å². The minimum atomic E-state index is 0. The number of benzene rings is 1. The Morgan fingerprint density at radius 2 is 2.00 bits per heavy atom. The summed E-state index contributed by atoms with van der Waals surface area (Å²) < 4.78 is 1.15. The van der Waals surface area contributed by atoms with E-state index in [0.29, 0.717) is 5.92 Å². The molecule has 0 aromatic heterocycles. The van der Waals surface area contributed by atoms with Crippen LogP contribution in [-0.4, -0.2) is 24.5 Å². The van der Waals surface area contributed by atoms with Crippen LogP contribution in [0.1, 0.15) is 12.0 Å². The molecule has 0 spiro atoms. The Hall–Kier alpha value is -0.0900. The quantitative estimate of drug-likeness (QED) is 0.930. The molecular weight excluding hydrogens is 288 g/mol. The van der Waals surface area contributed by atoms with Crippen molar-refractivity contribution in [2.75, 3.05) is 19.6 Å². The molecule has 2 N–H and O–H groups in total. The Morgan fingerprint density at radius 3 is 2.56 bits per heavy atom. The number of rotatable bonds is 3. The Morgan fingerprint density at radius 1 is 1.31 bits per heavy atom. The highest BCUT2D eigenvalue weighted by Crippen LogP contribution is 2.18. The van der Waals surface area contributed by atoms with Crippen molar-refractivity contribution < 1.29 is 0 Å². The number of halogens is 2. The van der Waals surface area contributed by atoms with E-state index in [1.54, 1.807) is 0 Å². The van der Waals surface area contributed by atoms with Gasteiger partial charge in [0.05, 0.1) is 0 Å². The molecule has 90 valence electrons. The highest BCUT2D eigenvalue weighted by atomic mass is 79.9. The summed E-state index contributed by atoms with van der Waals surface area (Å²) in [4.78, 5) is 2.49. The highest BCUT2D eigenvalue weighted by molar-refractivity contribution is 9.10. The van der Waals surface area contributed by atoms with Gasteiger partial charge in [0.1, 0.15) is 0 Å². The average molecular weight is 306 g/mol. The van der Waals surface area contributed by atoms with E-state index in [0.717, 1.165) is 24.1 Å². The molecule has 2 rings (SSSR count). The van der Waals surface area contributed by atoms with Gasteiger partial charge in [-0.05, 0) is 43.1 Å². The topological polar surface area (TPSA) is 29.3 Å². The predicted octanol–water partition coefficient (Wildman–Crippen LogP) is 2.65. The van der Waals surface area contributed by atoms with Crippen molar-refractivity contribution >= 4 is 28.3 Å². The highest BCUT2D eigenvalue weighted by Gasteiger charge is 2.20. The molecule has 1 aliphatic heterocycles. The molecule has 0 amide bonds. The largest absolute Gasteiger partial charge is 0.330 e. The second-order valence-corrected chi connectivity index (χ2v) is 5.17. The number of nitrogens with zero attached hydrogens (tertiary/aromatic N) is 1. The second-order valence-electron chi connectivity index (χ2n) is 4.25. The third-order valence-corrected chi connectivity index (χ3v) is 3.55. The lowest BCUT2D eigenvalue weighted by Gasteiger charge is -2.15. The summed E-state index contributed by atoms with van der Waals surface area (Å²) in [5.41, 5.74) is 7.06. The minimum absolute atomic E-state index is 0. The first-order chi connectivity index (χ1) is 7.28. The van der Waals surface area contributed by atoms with Gasteiger partial charge in [-0.25, -0.2) is 0 Å². The van der Waals surface area contributed by atoms with Crippen LogP contribution in [0.2, 0.25) is 0 Å². The molecule has 16 heavy (non-hydrogen) atoms. The maximum atomic E-state index is 5.68. The van der Waals surface area contributed by atoms with Crippen LogP contribution >= 0.6 is 28.3 Å². The van der Waals surface area contributed by atoms with Gasteiger partial charge in [0.25, 0.3) is 0 Å². The molecule has 0 saturated carbocycles. The van der Waals surface area contributed by atoms with Crippen LogP contribution in [-0.2, 0) is 6.54 Å². The second kappa shape index (κ2) is 6.60. The molecule has 1 aromatic rings. The van der Waals surface area contributed by atoms with Crippen molar-refractivity contribution in [3.8, 4) is 0 Å². The summed E-state index contributed by atoms with van der Waals surface area (Å²) in [5, 5.41) is 0. The van der Waals surface area contributed by atoms with E-state index in [1.807, 2.05) is 0 Å². The van der Waals surface area contributed by atoms with Crippen LogP contribution in [0.3, 0.4) is 0 Å². The minimum Gasteiger partial charge on any atom is -0.330 e. The molecule has 0 bridgehead atoms. The number of hydrogen-bond acceptors (Lipinski definition) is 2. The van der Waals surface area contributed by atoms with Crippen molar-refractivity contribution in [1.29, 1.82) is 0 Å². The van der Waals surface area contributed by atoms with Gasteiger partial charge in [-0.15, -0.1) is 12.4 Å². The average Bonchev–Trinajstić information content (AvgIpc) is 2.69. The van der Waals surface area contributed by atoms with E-state index in [1.165, 1.54) is 18.5 Å². The third kappa shape index (κ3) is 3.74. The van der Waals surface area contributed by atoms with E-state index in [4.69, 9.17) is 5.73 Å². The molecular formula is C12H18BrClN2. The molecule has 1 fully saturated rings. The smallest absolute Gasteiger partial charge is 0.0233 e. The SMILES string of the molecule is Cl.NCC1CCN(Cc2ccc(Br)cc2)C1. The Labute approximate surface area is 112 Å². The summed E-state index contributed by atoms with van der Waals surface area (Å²) >= 11 is 3.45. The van der Waals surface area contributed by atoms with E-state index < -0.39 is 0 Å². The van der Waals surface area contributed by atoms with E-state index in [9.17, 15) is 0 Å². The Kier molecular flexibility index (Phi) is 5.76. The van der Waals surface area contributed by atoms with Gasteiger partial charge in [0, 0.05) is 17.6 Å². The van der Waals surface area contributed by atoms with Crippen molar-refractivity contribution in [1.82, 2.24) is 4.90 Å². The molecule has 1 unspecified atom stereocenters. The van der Waals surface area contributed by atoms with Crippen molar-refractivity contribution in [3.63, 3.8) is 0 Å². The molecule has 1 saturated heterocycles. The number of hydrogen-bond donors (Lipinski definition) is 1. The maximum Gasteiger partial charge on any atom is 0.0233 e.